The molecule has 15 nitrogen and oxygen atoms in total. The van der Waals surface area contributed by atoms with Crippen LogP contribution in [0.3, 0.4) is 0 Å². The van der Waals surface area contributed by atoms with Crippen LogP contribution in [0.5, 0.6) is 5.75 Å². The number of aliphatic hydroxyl groups is 2. The van der Waals surface area contributed by atoms with Crippen LogP contribution in [0.25, 0.3) is 6.08 Å². The summed E-state index contributed by atoms with van der Waals surface area (Å²) in [5.41, 5.74) is 1.26. The van der Waals surface area contributed by atoms with Gasteiger partial charge < -0.3 is 51.4 Å². The lowest BCUT2D eigenvalue weighted by molar-refractivity contribution is -0.688. The van der Waals surface area contributed by atoms with Crippen molar-refractivity contribution in [1.29, 1.82) is 0 Å². The SMILES string of the molecule is C[C@]12C=CC(=O)C=C1CCC1C2[C@@H](O)C[C@@]2(C)C1C[C@@H]1O[C@@H](C3CCCCC3)O[C@]12C(=O)COC(=O)C=Cc1ccc[n+](Cc2cc(C(O)CNCCCCCCOCCCCc3ccccc3)ccc2OP(=O)(O)O)c1.[Cl-]. The molecule has 1 saturated heterocycles. The summed E-state index contributed by atoms with van der Waals surface area (Å²) in [6.07, 6.45) is 23.7. The number of hydrogen-bond donors (Lipinski definition) is 5. The smallest absolute Gasteiger partial charge is 0.524 e. The van der Waals surface area contributed by atoms with E-state index in [1.165, 1.54) is 17.7 Å². The third-order valence-electron chi connectivity index (χ3n) is 18.0. The molecule has 0 spiro atoms. The fourth-order valence-electron chi connectivity index (χ4n) is 14.2. The molecular formula is C61H80ClN2O13P. The molecule has 1 aromatic heterocycles. The van der Waals surface area contributed by atoms with E-state index in [4.69, 9.17) is 23.5 Å². The number of rotatable bonds is 25. The first-order valence-electron chi connectivity index (χ1n) is 28.3. The van der Waals surface area contributed by atoms with Crippen molar-refractivity contribution < 1.29 is 79.4 Å². The zero-order valence-corrected chi connectivity index (χ0v) is 46.9. The Morgan fingerprint density at radius 1 is 0.962 bits per heavy atom. The molecule has 2 heterocycles. The van der Waals surface area contributed by atoms with E-state index in [0.29, 0.717) is 29.5 Å². The molecule has 5 aliphatic carbocycles. The van der Waals surface area contributed by atoms with E-state index in [2.05, 4.69) is 43.4 Å². The van der Waals surface area contributed by atoms with Crippen molar-refractivity contribution in [2.45, 2.75) is 153 Å². The second kappa shape index (κ2) is 26.5. The Bertz CT molecular complexity index is 2690. The molecule has 3 aromatic rings. The summed E-state index contributed by atoms with van der Waals surface area (Å²) in [5.74, 6) is -1.13. The number of nitrogens with one attached hydrogen (secondary N) is 1. The number of allylic oxidation sites excluding steroid dienone is 4. The highest BCUT2D eigenvalue weighted by atomic mass is 35.5. The number of hydrogen-bond acceptors (Lipinski definition) is 12. The normalized spacial score (nSPS) is 28.9. The number of carbonyl (C=O) groups is 3. The first-order chi connectivity index (χ1) is 37.1. The second-order valence-electron chi connectivity index (χ2n) is 23.0. The number of esters is 1. The molecule has 1 aliphatic heterocycles. The number of Topliss-reactive ketones (excluding diaryl/α,β-unsaturated/α-hetero) is 1. The van der Waals surface area contributed by atoms with Gasteiger partial charge in [-0.05, 0) is 137 Å². The number of pyridine rings is 1. The van der Waals surface area contributed by atoms with E-state index in [-0.39, 0.29) is 66.5 Å². The maximum atomic E-state index is 15.0. The number of ketones is 2. The summed E-state index contributed by atoms with van der Waals surface area (Å²) in [6, 6.07) is 18.7. The molecule has 78 heavy (non-hydrogen) atoms. The summed E-state index contributed by atoms with van der Waals surface area (Å²) in [5, 5.41) is 26.7. The monoisotopic (exact) mass is 1110 g/mol. The zero-order chi connectivity index (χ0) is 54.2. The highest BCUT2D eigenvalue weighted by molar-refractivity contribution is 7.46. The number of ether oxygens (including phenoxy) is 4. The van der Waals surface area contributed by atoms with Gasteiger partial charge in [0.1, 0.15) is 5.75 Å². The van der Waals surface area contributed by atoms with Crippen molar-refractivity contribution in [1.82, 2.24) is 5.32 Å². The lowest BCUT2D eigenvalue weighted by Crippen LogP contribution is -3.00. The van der Waals surface area contributed by atoms with Crippen LogP contribution in [-0.2, 0) is 50.9 Å². The Morgan fingerprint density at radius 2 is 1.73 bits per heavy atom. The third-order valence-corrected chi connectivity index (χ3v) is 18.4. The molecule has 4 unspecified atom stereocenters. The lowest BCUT2D eigenvalue weighted by atomic mass is 9.46. The van der Waals surface area contributed by atoms with Crippen molar-refractivity contribution in [3.8, 4) is 5.75 Å². The Hall–Kier alpha value is -4.38. The van der Waals surface area contributed by atoms with E-state index in [1.807, 2.05) is 12.1 Å². The first-order valence-corrected chi connectivity index (χ1v) is 29.8. The summed E-state index contributed by atoms with van der Waals surface area (Å²) in [7, 11) is -4.93. The molecule has 0 bridgehead atoms. The highest BCUT2D eigenvalue weighted by Crippen LogP contribution is 2.70. The summed E-state index contributed by atoms with van der Waals surface area (Å²) in [4.78, 5) is 60.4. The number of aromatic nitrogens is 1. The van der Waals surface area contributed by atoms with Crippen LogP contribution in [0.2, 0.25) is 0 Å². The van der Waals surface area contributed by atoms with Crippen LogP contribution in [0.1, 0.15) is 139 Å². The number of aryl methyl sites for hydroxylation is 1. The van der Waals surface area contributed by atoms with Gasteiger partial charge in [-0.15, -0.1) is 0 Å². The van der Waals surface area contributed by atoms with Crippen LogP contribution < -0.4 is 26.8 Å². The maximum absolute atomic E-state index is 15.0. The van der Waals surface area contributed by atoms with Gasteiger partial charge in [0.05, 0.1) is 23.9 Å². The molecule has 5 N–H and O–H groups in total. The van der Waals surface area contributed by atoms with Crippen molar-refractivity contribution >= 4 is 31.4 Å². The number of unbranched alkanes of at least 4 members (excludes halogenated alkanes) is 4. The van der Waals surface area contributed by atoms with Crippen molar-refractivity contribution in [3.05, 3.63) is 125 Å². The summed E-state index contributed by atoms with van der Waals surface area (Å²) in [6.45, 7) is 6.31. The number of phosphoric ester groups is 1. The van der Waals surface area contributed by atoms with Gasteiger partial charge in [-0.1, -0.05) is 94.0 Å². The van der Waals surface area contributed by atoms with E-state index in [1.54, 1.807) is 59.5 Å². The molecule has 0 amide bonds. The molecule has 2 aromatic carbocycles. The van der Waals surface area contributed by atoms with Crippen LogP contribution >= 0.6 is 7.82 Å². The van der Waals surface area contributed by atoms with Gasteiger partial charge in [0, 0.05) is 60.1 Å². The number of benzene rings is 2. The van der Waals surface area contributed by atoms with Crippen LogP contribution in [-0.4, -0.2) is 94.5 Å². The first kappa shape index (κ1) is 59.7. The number of fused-ring (bicyclic) bond motifs is 7. The van der Waals surface area contributed by atoms with E-state index < -0.39 is 61.4 Å². The average Bonchev–Trinajstić information content (AvgIpc) is 4.09. The molecule has 9 rings (SSSR count). The molecule has 5 fully saturated rings. The third kappa shape index (κ3) is 13.7. The Kier molecular flexibility index (Phi) is 20.3. The lowest BCUT2D eigenvalue weighted by Gasteiger charge is -2.59. The van der Waals surface area contributed by atoms with Gasteiger partial charge in [-0.3, -0.25) is 19.4 Å². The van der Waals surface area contributed by atoms with E-state index in [9.17, 15) is 38.9 Å². The van der Waals surface area contributed by atoms with Gasteiger partial charge in [-0.25, -0.2) is 13.9 Å². The molecule has 424 valence electrons. The Labute approximate surface area is 465 Å². The van der Waals surface area contributed by atoms with Crippen molar-refractivity contribution in [2.75, 3.05) is 32.9 Å². The van der Waals surface area contributed by atoms with Crippen LogP contribution in [0.4, 0.5) is 0 Å². The summed E-state index contributed by atoms with van der Waals surface area (Å²) < 4.78 is 44.2. The minimum absolute atomic E-state index is 0. The van der Waals surface area contributed by atoms with Crippen LogP contribution in [0, 0.1) is 34.5 Å². The highest BCUT2D eigenvalue weighted by Gasteiger charge is 2.76. The fourth-order valence-corrected chi connectivity index (χ4v) is 14.6. The van der Waals surface area contributed by atoms with Gasteiger partial charge in [-0.2, -0.15) is 0 Å². The largest absolute Gasteiger partial charge is 1.00 e. The number of carbonyl (C=O) groups excluding carboxylic acids is 3. The predicted molar refractivity (Wildman–Crippen MR) is 289 cm³/mol. The molecular weight excluding hydrogens is 1040 g/mol. The molecule has 10 atom stereocenters. The predicted octanol–water partition coefficient (Wildman–Crippen LogP) is 5.80. The quantitative estimate of drug-likeness (QED) is 0.0224. The molecule has 0 radical (unpaired) electrons. The number of phosphoric acid groups is 1. The average molecular weight is 1120 g/mol. The minimum atomic E-state index is -4.93. The van der Waals surface area contributed by atoms with Gasteiger partial charge in [0.2, 0.25) is 5.78 Å². The van der Waals surface area contributed by atoms with Crippen molar-refractivity contribution in [2.24, 2.45) is 34.5 Å². The number of halogens is 1. The fraction of sp³-hybridized carbons (Fsp3) is 0.574. The maximum Gasteiger partial charge on any atom is 0.524 e. The number of aliphatic hydroxyl groups excluding tert-OH is 2. The summed E-state index contributed by atoms with van der Waals surface area (Å²) >= 11 is 0. The minimum Gasteiger partial charge on any atom is -1.00 e. The van der Waals surface area contributed by atoms with Gasteiger partial charge >= 0.3 is 13.8 Å². The van der Waals surface area contributed by atoms with Crippen LogP contribution in [0.15, 0.2) is 103 Å². The zero-order valence-electron chi connectivity index (χ0n) is 45.2. The number of nitrogens with zero attached hydrogens (tertiary/aromatic N) is 1. The Morgan fingerprint density at radius 3 is 2.51 bits per heavy atom. The standard InChI is InChI=1S/C61H79N2O13P.ClH/c1-59-29-28-48(64)35-47(59)24-25-49-50-36-55-61(60(50,2)37-51(65)57(49)59,75-58(74-55)44-20-9-6-10-21-44)54(67)41-73-56(68)27-22-43-19-15-31-63(39-43)40-46-34-45(23-26-53(46)76-77(69,70)71)52(66)38-62-30-12-3-4-13-32-72-33-14-11-18-42-16-7-5-8-17-42;/h5,7-8,15-17,19,22-23,26-29,31,34-35,39,44,49-52,55,57-58,62,65-66H,3-4,6,9-14,18,20-21,24-25,30,32-33,36-38,40-41H2,1-2H3,(H-,69,70,71);1H/t49?,50?,51-,52?,55-,57?,58+,59-,60-,61+;/m0./s1. The van der Waals surface area contributed by atoms with Gasteiger partial charge in [0.15, 0.2) is 43.2 Å². The van der Waals surface area contributed by atoms with Gasteiger partial charge in [0.25, 0.3) is 0 Å². The molecule has 6 aliphatic rings. The molecule has 17 heteroatoms. The van der Waals surface area contributed by atoms with E-state index >= 15 is 0 Å². The van der Waals surface area contributed by atoms with E-state index in [0.717, 1.165) is 115 Å². The van der Waals surface area contributed by atoms with Crippen molar-refractivity contribution in [3.63, 3.8) is 0 Å². The topological polar surface area (TPSA) is 211 Å². The Balaban J connectivity index is 0.00000803. The molecule has 4 saturated carbocycles. The second-order valence-corrected chi connectivity index (χ2v) is 24.2.